The van der Waals surface area contributed by atoms with Gasteiger partial charge in [-0.15, -0.1) is 23.5 Å². The molecule has 0 aliphatic heterocycles. The SMILES string of the molecule is Cc1ccc([C@@H](Sc2ccc(F)cc2)[C@@H](Sc2ccc(F)cc2)c2ccc(C)cc2)cc1. The van der Waals surface area contributed by atoms with E-state index in [1.807, 2.05) is 24.3 Å². The van der Waals surface area contributed by atoms with Gasteiger partial charge in [-0.3, -0.25) is 0 Å². The van der Waals surface area contributed by atoms with E-state index >= 15 is 0 Å². The van der Waals surface area contributed by atoms with Gasteiger partial charge in [-0.2, -0.15) is 0 Å². The second-order valence-electron chi connectivity index (χ2n) is 7.81. The van der Waals surface area contributed by atoms with E-state index in [-0.39, 0.29) is 22.1 Å². The molecule has 0 aliphatic rings. The predicted molar refractivity (Wildman–Crippen MR) is 132 cm³/mol. The average molecular weight is 463 g/mol. The van der Waals surface area contributed by atoms with Crippen molar-refractivity contribution in [3.8, 4) is 0 Å². The summed E-state index contributed by atoms with van der Waals surface area (Å²) in [6.45, 7) is 4.16. The lowest BCUT2D eigenvalue weighted by molar-refractivity contribution is 0.626. The van der Waals surface area contributed by atoms with Crippen molar-refractivity contribution in [2.75, 3.05) is 0 Å². The molecule has 0 heterocycles. The van der Waals surface area contributed by atoms with Crippen LogP contribution < -0.4 is 0 Å². The fourth-order valence-corrected chi connectivity index (χ4v) is 6.10. The van der Waals surface area contributed by atoms with Crippen LogP contribution in [0.3, 0.4) is 0 Å². The summed E-state index contributed by atoms with van der Waals surface area (Å²) in [5, 5.41) is 0.137. The molecule has 4 heteroatoms. The number of halogens is 2. The largest absolute Gasteiger partial charge is 0.207 e. The molecule has 4 aromatic carbocycles. The van der Waals surface area contributed by atoms with E-state index < -0.39 is 0 Å². The molecule has 0 fully saturated rings. The average Bonchev–Trinajstić information content (AvgIpc) is 2.80. The van der Waals surface area contributed by atoms with Crippen LogP contribution in [0.2, 0.25) is 0 Å². The number of rotatable bonds is 7. The van der Waals surface area contributed by atoms with Crippen LogP contribution in [0.4, 0.5) is 8.78 Å². The third-order valence-corrected chi connectivity index (χ3v) is 8.10. The molecule has 162 valence electrons. The van der Waals surface area contributed by atoms with Crippen LogP contribution in [0.25, 0.3) is 0 Å². The fraction of sp³-hybridized carbons (Fsp3) is 0.143. The quantitative estimate of drug-likeness (QED) is 0.251. The van der Waals surface area contributed by atoms with Crippen molar-refractivity contribution >= 4 is 23.5 Å². The highest BCUT2D eigenvalue weighted by atomic mass is 32.2. The summed E-state index contributed by atoms with van der Waals surface area (Å²) in [7, 11) is 0. The normalized spacial score (nSPS) is 13.0. The Morgan fingerprint density at radius 1 is 0.469 bits per heavy atom. The maximum atomic E-state index is 13.5. The smallest absolute Gasteiger partial charge is 0.123 e. The van der Waals surface area contributed by atoms with Gasteiger partial charge in [-0.25, -0.2) is 8.78 Å². The molecule has 0 N–H and O–H groups in total. The summed E-state index contributed by atoms with van der Waals surface area (Å²) < 4.78 is 27.1. The Kier molecular flexibility index (Phi) is 7.33. The van der Waals surface area contributed by atoms with Crippen LogP contribution in [-0.2, 0) is 0 Å². The van der Waals surface area contributed by atoms with Gasteiger partial charge in [0.25, 0.3) is 0 Å². The van der Waals surface area contributed by atoms with Gasteiger partial charge in [0.1, 0.15) is 11.6 Å². The Morgan fingerprint density at radius 2 is 0.781 bits per heavy atom. The van der Waals surface area contributed by atoms with Gasteiger partial charge in [0.15, 0.2) is 0 Å². The zero-order valence-electron chi connectivity index (χ0n) is 18.0. The summed E-state index contributed by atoms with van der Waals surface area (Å²) in [6, 6.07) is 30.5. The molecule has 32 heavy (non-hydrogen) atoms. The van der Waals surface area contributed by atoms with Crippen molar-refractivity contribution < 1.29 is 8.78 Å². The molecule has 0 aliphatic carbocycles. The van der Waals surface area contributed by atoms with Crippen molar-refractivity contribution in [3.05, 3.63) is 131 Å². The van der Waals surface area contributed by atoms with Crippen molar-refractivity contribution in [2.45, 2.75) is 34.1 Å². The maximum absolute atomic E-state index is 13.5. The molecule has 2 atom stereocenters. The Balaban J connectivity index is 1.78. The first-order valence-corrected chi connectivity index (χ1v) is 12.2. The number of benzene rings is 4. The van der Waals surface area contributed by atoms with Gasteiger partial charge in [0, 0.05) is 9.79 Å². The van der Waals surface area contributed by atoms with Crippen molar-refractivity contribution in [1.29, 1.82) is 0 Å². The number of thioether (sulfide) groups is 2. The first-order valence-electron chi connectivity index (χ1n) is 10.5. The van der Waals surface area contributed by atoms with Gasteiger partial charge in [-0.05, 0) is 73.5 Å². The van der Waals surface area contributed by atoms with Gasteiger partial charge in [-0.1, -0.05) is 59.7 Å². The molecule has 0 nitrogen and oxygen atoms in total. The van der Waals surface area contributed by atoms with E-state index in [9.17, 15) is 8.78 Å². The van der Waals surface area contributed by atoms with Crippen LogP contribution in [0.1, 0.15) is 32.8 Å². The molecule has 0 unspecified atom stereocenters. The van der Waals surface area contributed by atoms with Crippen LogP contribution in [0.15, 0.2) is 107 Å². The lowest BCUT2D eigenvalue weighted by Gasteiger charge is -2.28. The van der Waals surface area contributed by atoms with Gasteiger partial charge < -0.3 is 0 Å². The number of aryl methyl sites for hydroxylation is 2. The third kappa shape index (κ3) is 5.81. The Morgan fingerprint density at radius 3 is 1.09 bits per heavy atom. The third-order valence-electron chi connectivity index (χ3n) is 5.24. The molecular weight excluding hydrogens is 438 g/mol. The molecular formula is C28H24F2S2. The van der Waals surface area contributed by atoms with E-state index in [0.717, 1.165) is 9.79 Å². The molecule has 0 saturated heterocycles. The van der Waals surface area contributed by atoms with Crippen LogP contribution in [-0.4, -0.2) is 0 Å². The Bertz CT molecular complexity index is 1040. The minimum atomic E-state index is -0.239. The second-order valence-corrected chi connectivity index (χ2v) is 10.2. The summed E-state index contributed by atoms with van der Waals surface area (Å²) in [5.74, 6) is -0.478. The highest BCUT2D eigenvalue weighted by Crippen LogP contribution is 2.52. The molecule has 4 rings (SSSR count). The van der Waals surface area contributed by atoms with Crippen molar-refractivity contribution in [3.63, 3.8) is 0 Å². The van der Waals surface area contributed by atoms with Crippen LogP contribution in [0, 0.1) is 25.5 Å². The summed E-state index contributed by atoms with van der Waals surface area (Å²) in [6.07, 6.45) is 0. The molecule has 0 bridgehead atoms. The zero-order valence-corrected chi connectivity index (χ0v) is 19.6. The lowest BCUT2D eigenvalue weighted by Crippen LogP contribution is -2.06. The first kappa shape index (κ1) is 22.6. The van der Waals surface area contributed by atoms with Gasteiger partial charge in [0.2, 0.25) is 0 Å². The maximum Gasteiger partial charge on any atom is 0.123 e. The number of hydrogen-bond acceptors (Lipinski definition) is 2. The minimum absolute atomic E-state index is 0.0684. The monoisotopic (exact) mass is 462 g/mol. The first-order chi connectivity index (χ1) is 15.5. The molecule has 0 saturated carbocycles. The van der Waals surface area contributed by atoms with E-state index in [4.69, 9.17) is 0 Å². The predicted octanol–water partition coefficient (Wildman–Crippen LogP) is 8.95. The van der Waals surface area contributed by atoms with Gasteiger partial charge >= 0.3 is 0 Å². The fourth-order valence-electron chi connectivity index (χ4n) is 3.44. The molecule has 0 spiro atoms. The van der Waals surface area contributed by atoms with E-state index in [0.29, 0.717) is 0 Å². The highest BCUT2D eigenvalue weighted by Gasteiger charge is 2.27. The van der Waals surface area contributed by atoms with E-state index in [1.165, 1.54) is 46.5 Å². The minimum Gasteiger partial charge on any atom is -0.207 e. The second kappa shape index (κ2) is 10.4. The summed E-state index contributed by atoms with van der Waals surface area (Å²) in [5.41, 5.74) is 4.81. The Labute approximate surface area is 197 Å². The van der Waals surface area contributed by atoms with Crippen molar-refractivity contribution in [1.82, 2.24) is 0 Å². The molecule has 0 aromatic heterocycles. The lowest BCUT2D eigenvalue weighted by atomic mass is 10.0. The zero-order chi connectivity index (χ0) is 22.5. The van der Waals surface area contributed by atoms with Crippen molar-refractivity contribution in [2.24, 2.45) is 0 Å². The van der Waals surface area contributed by atoms with E-state index in [1.54, 1.807) is 23.5 Å². The molecule has 0 amide bonds. The summed E-state index contributed by atoms with van der Waals surface area (Å²) in [4.78, 5) is 2.02. The van der Waals surface area contributed by atoms with E-state index in [2.05, 4.69) is 62.4 Å². The Hall–Kier alpha value is -2.56. The van der Waals surface area contributed by atoms with Crippen LogP contribution in [0.5, 0.6) is 0 Å². The standard InChI is InChI=1S/C28H24F2S2/c1-19-3-7-21(8-4-19)27(31-25-15-11-23(29)12-16-25)28(22-9-5-20(2)6-10-22)32-26-17-13-24(30)14-18-26/h3-18,27-28H,1-2H3/t27-,28+. The molecule has 0 radical (unpaired) electrons. The van der Waals surface area contributed by atoms with Crippen LogP contribution >= 0.6 is 23.5 Å². The topological polar surface area (TPSA) is 0 Å². The van der Waals surface area contributed by atoms with Gasteiger partial charge in [0.05, 0.1) is 10.5 Å². The number of hydrogen-bond donors (Lipinski definition) is 0. The molecule has 4 aromatic rings. The summed E-state index contributed by atoms with van der Waals surface area (Å²) >= 11 is 3.45. The highest BCUT2D eigenvalue weighted by molar-refractivity contribution is 8.03.